The fourth-order valence-electron chi connectivity index (χ4n) is 3.29. The molecule has 0 unspecified atom stereocenters. The van der Waals surface area contributed by atoms with Crippen molar-refractivity contribution in [3.05, 3.63) is 70.0 Å². The summed E-state index contributed by atoms with van der Waals surface area (Å²) in [6.07, 6.45) is 1.56. The predicted molar refractivity (Wildman–Crippen MR) is 121 cm³/mol. The Morgan fingerprint density at radius 3 is 2.65 bits per heavy atom. The van der Waals surface area contributed by atoms with E-state index < -0.39 is 0 Å². The van der Waals surface area contributed by atoms with Crippen molar-refractivity contribution in [3.63, 3.8) is 0 Å². The van der Waals surface area contributed by atoms with Crippen LogP contribution in [-0.4, -0.2) is 31.0 Å². The number of benzene rings is 1. The average molecular weight is 438 g/mol. The van der Waals surface area contributed by atoms with E-state index in [1.807, 2.05) is 45.0 Å². The zero-order valence-electron chi connectivity index (χ0n) is 17.6. The molecule has 1 aromatic carbocycles. The van der Waals surface area contributed by atoms with Gasteiger partial charge >= 0.3 is 0 Å². The molecule has 0 radical (unpaired) electrons. The number of anilines is 1. The van der Waals surface area contributed by atoms with Gasteiger partial charge in [0.25, 0.3) is 5.56 Å². The number of hydrogen-bond donors (Lipinski definition) is 1. The van der Waals surface area contributed by atoms with Crippen molar-refractivity contribution < 1.29 is 9.21 Å². The molecule has 0 aliphatic rings. The molecule has 0 saturated heterocycles. The summed E-state index contributed by atoms with van der Waals surface area (Å²) < 4.78 is 8.64. The number of fused-ring (bicyclic) bond motifs is 1. The van der Waals surface area contributed by atoms with Crippen molar-refractivity contribution in [2.75, 3.05) is 11.1 Å². The lowest BCUT2D eigenvalue weighted by Gasteiger charge is -2.12. The molecule has 8 nitrogen and oxygen atoms in total. The van der Waals surface area contributed by atoms with Crippen LogP contribution in [0.2, 0.25) is 0 Å². The third-order valence-corrected chi connectivity index (χ3v) is 5.82. The Labute approximate surface area is 183 Å². The van der Waals surface area contributed by atoms with E-state index in [0.717, 1.165) is 11.3 Å². The van der Waals surface area contributed by atoms with Crippen LogP contribution in [0.3, 0.4) is 0 Å². The number of carbonyl (C=O) groups excluding carboxylic acids is 1. The fraction of sp³-hybridized carbons (Fsp3) is 0.273. The number of aryl methyl sites for hydroxylation is 3. The maximum absolute atomic E-state index is 13.3. The SMILES string of the molecule is CCn1nc(C)c2nc(SCC(=O)Nc3ccc(C)cc3)n(Cc3ccco3)c(=O)c21. The van der Waals surface area contributed by atoms with Gasteiger partial charge in [-0.1, -0.05) is 29.5 Å². The molecule has 0 atom stereocenters. The van der Waals surface area contributed by atoms with Crippen LogP contribution in [0, 0.1) is 13.8 Å². The molecule has 1 N–H and O–H groups in total. The molecule has 1 amide bonds. The Bertz CT molecular complexity index is 1270. The van der Waals surface area contributed by atoms with E-state index in [-0.39, 0.29) is 23.8 Å². The predicted octanol–water partition coefficient (Wildman–Crippen LogP) is 3.60. The van der Waals surface area contributed by atoms with Gasteiger partial charge in [0.2, 0.25) is 5.91 Å². The fourth-order valence-corrected chi connectivity index (χ4v) is 4.08. The van der Waals surface area contributed by atoms with Crippen molar-refractivity contribution >= 4 is 34.4 Å². The molecule has 0 fully saturated rings. The van der Waals surface area contributed by atoms with Gasteiger partial charge < -0.3 is 9.73 Å². The smallest absolute Gasteiger partial charge is 0.280 e. The highest BCUT2D eigenvalue weighted by Crippen LogP contribution is 2.21. The quantitative estimate of drug-likeness (QED) is 0.351. The van der Waals surface area contributed by atoms with Gasteiger partial charge in [-0.2, -0.15) is 5.10 Å². The Kier molecular flexibility index (Phi) is 5.94. The number of rotatable bonds is 7. The molecule has 31 heavy (non-hydrogen) atoms. The first-order valence-corrected chi connectivity index (χ1v) is 10.9. The van der Waals surface area contributed by atoms with Crippen molar-refractivity contribution in [1.82, 2.24) is 19.3 Å². The lowest BCUT2D eigenvalue weighted by atomic mass is 10.2. The molecule has 4 rings (SSSR count). The first kappa shape index (κ1) is 20.9. The maximum Gasteiger partial charge on any atom is 0.280 e. The normalized spacial score (nSPS) is 11.2. The first-order chi connectivity index (χ1) is 15.0. The Balaban J connectivity index is 1.65. The van der Waals surface area contributed by atoms with Gasteiger partial charge in [-0.15, -0.1) is 0 Å². The van der Waals surface area contributed by atoms with Crippen LogP contribution < -0.4 is 10.9 Å². The van der Waals surface area contributed by atoms with Crippen molar-refractivity contribution in [3.8, 4) is 0 Å². The van der Waals surface area contributed by atoms with Crippen LogP contribution in [-0.2, 0) is 17.9 Å². The first-order valence-electron chi connectivity index (χ1n) is 9.96. The van der Waals surface area contributed by atoms with Gasteiger partial charge in [-0.05, 0) is 45.0 Å². The summed E-state index contributed by atoms with van der Waals surface area (Å²) in [7, 11) is 0. The van der Waals surface area contributed by atoms with E-state index in [2.05, 4.69) is 10.4 Å². The molecule has 0 aliphatic carbocycles. The zero-order valence-corrected chi connectivity index (χ0v) is 18.4. The molecule has 3 aromatic heterocycles. The summed E-state index contributed by atoms with van der Waals surface area (Å²) in [6.45, 7) is 6.54. The summed E-state index contributed by atoms with van der Waals surface area (Å²) in [5, 5.41) is 7.76. The third-order valence-electron chi connectivity index (χ3n) is 4.84. The van der Waals surface area contributed by atoms with Gasteiger partial charge in [0.05, 0.1) is 24.3 Å². The molecule has 0 spiro atoms. The molecular formula is C22H23N5O3S. The number of amides is 1. The highest BCUT2D eigenvalue weighted by molar-refractivity contribution is 7.99. The summed E-state index contributed by atoms with van der Waals surface area (Å²) in [5.41, 5.74) is 3.35. The molecule has 9 heteroatoms. The second-order valence-electron chi connectivity index (χ2n) is 7.17. The minimum absolute atomic E-state index is 0.116. The largest absolute Gasteiger partial charge is 0.467 e. The topological polar surface area (TPSA) is 95.0 Å². The average Bonchev–Trinajstić information content (AvgIpc) is 3.38. The Morgan fingerprint density at radius 1 is 1.19 bits per heavy atom. The van der Waals surface area contributed by atoms with Crippen LogP contribution in [0.1, 0.15) is 23.9 Å². The van der Waals surface area contributed by atoms with Gasteiger partial charge in [0.15, 0.2) is 10.7 Å². The third kappa shape index (κ3) is 4.41. The van der Waals surface area contributed by atoms with Crippen LogP contribution in [0.5, 0.6) is 0 Å². The summed E-state index contributed by atoms with van der Waals surface area (Å²) in [4.78, 5) is 30.5. The summed E-state index contributed by atoms with van der Waals surface area (Å²) in [5.74, 6) is 0.576. The highest BCUT2D eigenvalue weighted by atomic mass is 32.2. The number of aromatic nitrogens is 4. The van der Waals surface area contributed by atoms with Crippen molar-refractivity contribution in [1.29, 1.82) is 0 Å². The van der Waals surface area contributed by atoms with Crippen molar-refractivity contribution in [2.24, 2.45) is 0 Å². The number of thioether (sulfide) groups is 1. The number of nitrogens with one attached hydrogen (secondary N) is 1. The molecule has 3 heterocycles. The van der Waals surface area contributed by atoms with E-state index in [1.165, 1.54) is 16.3 Å². The second-order valence-corrected chi connectivity index (χ2v) is 8.11. The molecule has 0 bridgehead atoms. The van der Waals surface area contributed by atoms with E-state index >= 15 is 0 Å². The van der Waals surface area contributed by atoms with Gasteiger partial charge in [-0.3, -0.25) is 18.8 Å². The monoisotopic (exact) mass is 437 g/mol. The Hall–Kier alpha value is -3.33. The molecular weight excluding hydrogens is 414 g/mol. The van der Waals surface area contributed by atoms with Crippen LogP contribution >= 0.6 is 11.8 Å². The van der Waals surface area contributed by atoms with E-state index in [9.17, 15) is 9.59 Å². The number of carbonyl (C=O) groups is 1. The van der Waals surface area contributed by atoms with Gasteiger partial charge in [0, 0.05) is 12.2 Å². The summed E-state index contributed by atoms with van der Waals surface area (Å²) >= 11 is 1.22. The minimum Gasteiger partial charge on any atom is -0.467 e. The van der Waals surface area contributed by atoms with Crippen LogP contribution in [0.25, 0.3) is 11.0 Å². The summed E-state index contributed by atoms with van der Waals surface area (Å²) in [6, 6.07) is 11.2. The van der Waals surface area contributed by atoms with E-state index in [1.54, 1.807) is 23.1 Å². The van der Waals surface area contributed by atoms with E-state index in [4.69, 9.17) is 9.40 Å². The molecule has 4 aromatic rings. The zero-order chi connectivity index (χ0) is 22.0. The molecule has 0 saturated carbocycles. The second kappa shape index (κ2) is 8.81. The lowest BCUT2D eigenvalue weighted by molar-refractivity contribution is -0.113. The number of nitrogens with zero attached hydrogens (tertiary/aromatic N) is 4. The molecule has 160 valence electrons. The van der Waals surface area contributed by atoms with Crippen LogP contribution in [0.15, 0.2) is 57.0 Å². The maximum atomic E-state index is 13.3. The highest BCUT2D eigenvalue weighted by Gasteiger charge is 2.19. The van der Waals surface area contributed by atoms with Crippen LogP contribution in [0.4, 0.5) is 5.69 Å². The van der Waals surface area contributed by atoms with Crippen molar-refractivity contribution in [2.45, 2.75) is 39.0 Å². The minimum atomic E-state index is -0.203. The number of furan rings is 1. The lowest BCUT2D eigenvalue weighted by Crippen LogP contribution is -2.26. The Morgan fingerprint density at radius 2 is 1.97 bits per heavy atom. The van der Waals surface area contributed by atoms with E-state index in [0.29, 0.717) is 34.2 Å². The number of hydrogen-bond acceptors (Lipinski definition) is 6. The van der Waals surface area contributed by atoms with Gasteiger partial charge in [-0.25, -0.2) is 4.98 Å². The standard InChI is InChI=1S/C22H23N5O3S/c1-4-27-20-19(15(3)25-27)24-22(26(21(20)29)12-17-6-5-11-30-17)31-13-18(28)23-16-9-7-14(2)8-10-16/h5-11H,4,12-13H2,1-3H3,(H,23,28). The molecule has 0 aliphatic heterocycles. The van der Waals surface area contributed by atoms with Gasteiger partial charge in [0.1, 0.15) is 11.3 Å².